The second kappa shape index (κ2) is 11.6. The van der Waals surface area contributed by atoms with Crippen molar-refractivity contribution in [3.05, 3.63) is 97.1 Å². The monoisotopic (exact) mass is 551 g/mol. The Kier molecular flexibility index (Phi) is 7.62. The van der Waals surface area contributed by atoms with Crippen LogP contribution in [-0.2, 0) is 10.0 Å². The maximum absolute atomic E-state index is 13.1. The molecule has 1 aromatic heterocycles. The van der Waals surface area contributed by atoms with Gasteiger partial charge in [0.1, 0.15) is 5.82 Å². The SMILES string of the molecule is O=S(=O)(NC[C@H]1CC[C@H](CNc2nc(Nc3ccccc3)c3ccccc3n2)CC1)c1cccc2ccccc12. The van der Waals surface area contributed by atoms with Gasteiger partial charge >= 0.3 is 0 Å². The molecular formula is C32H33N5O2S. The van der Waals surface area contributed by atoms with Crippen LogP contribution in [0.15, 0.2) is 102 Å². The molecule has 0 amide bonds. The van der Waals surface area contributed by atoms with Gasteiger partial charge in [-0.15, -0.1) is 0 Å². The lowest BCUT2D eigenvalue weighted by Gasteiger charge is -2.28. The van der Waals surface area contributed by atoms with Gasteiger partial charge in [0.25, 0.3) is 0 Å². The van der Waals surface area contributed by atoms with Crippen molar-refractivity contribution in [2.75, 3.05) is 23.7 Å². The lowest BCUT2D eigenvalue weighted by molar-refractivity contribution is 0.284. The Morgan fingerprint density at radius 2 is 1.32 bits per heavy atom. The Hall–Kier alpha value is -4.01. The highest BCUT2D eigenvalue weighted by Crippen LogP contribution is 2.30. The van der Waals surface area contributed by atoms with Crippen LogP contribution in [0.3, 0.4) is 0 Å². The Labute approximate surface area is 235 Å². The topological polar surface area (TPSA) is 96.0 Å². The maximum atomic E-state index is 13.1. The van der Waals surface area contributed by atoms with Crippen LogP contribution in [0, 0.1) is 11.8 Å². The van der Waals surface area contributed by atoms with Crippen molar-refractivity contribution >= 4 is 49.2 Å². The fourth-order valence-electron chi connectivity index (χ4n) is 5.52. The van der Waals surface area contributed by atoms with Crippen molar-refractivity contribution in [2.45, 2.75) is 30.6 Å². The molecule has 3 N–H and O–H groups in total. The highest BCUT2D eigenvalue weighted by Gasteiger charge is 2.24. The van der Waals surface area contributed by atoms with E-state index in [1.807, 2.05) is 84.9 Å². The fourth-order valence-corrected chi connectivity index (χ4v) is 6.86. The van der Waals surface area contributed by atoms with E-state index < -0.39 is 10.0 Å². The third kappa shape index (κ3) is 5.93. The van der Waals surface area contributed by atoms with Crippen LogP contribution in [0.2, 0.25) is 0 Å². The van der Waals surface area contributed by atoms with Crippen molar-refractivity contribution in [1.29, 1.82) is 0 Å². The number of hydrogen-bond acceptors (Lipinski definition) is 6. The van der Waals surface area contributed by atoms with Gasteiger partial charge in [-0.1, -0.05) is 66.7 Å². The van der Waals surface area contributed by atoms with Gasteiger partial charge in [0, 0.05) is 29.5 Å². The highest BCUT2D eigenvalue weighted by molar-refractivity contribution is 7.89. The van der Waals surface area contributed by atoms with Crippen LogP contribution in [0.5, 0.6) is 0 Å². The van der Waals surface area contributed by atoms with Crippen LogP contribution in [0.1, 0.15) is 25.7 Å². The van der Waals surface area contributed by atoms with E-state index in [9.17, 15) is 8.42 Å². The highest BCUT2D eigenvalue weighted by atomic mass is 32.2. The van der Waals surface area contributed by atoms with E-state index in [1.54, 1.807) is 12.1 Å². The van der Waals surface area contributed by atoms with Gasteiger partial charge in [-0.05, 0) is 73.2 Å². The second-order valence-electron chi connectivity index (χ2n) is 10.5. The van der Waals surface area contributed by atoms with Crippen LogP contribution >= 0.6 is 0 Å². The third-order valence-corrected chi connectivity index (χ3v) is 9.24. The second-order valence-corrected chi connectivity index (χ2v) is 12.2. The summed E-state index contributed by atoms with van der Waals surface area (Å²) in [6, 6.07) is 31.1. The zero-order chi connectivity index (χ0) is 27.4. The normalized spacial score (nSPS) is 17.6. The first-order valence-corrected chi connectivity index (χ1v) is 15.3. The molecule has 1 saturated carbocycles. The van der Waals surface area contributed by atoms with Crippen molar-refractivity contribution < 1.29 is 8.42 Å². The summed E-state index contributed by atoms with van der Waals surface area (Å²) in [6.45, 7) is 1.26. The molecule has 0 bridgehead atoms. The van der Waals surface area contributed by atoms with Crippen molar-refractivity contribution in [1.82, 2.24) is 14.7 Å². The summed E-state index contributed by atoms with van der Waals surface area (Å²) in [5, 5.41) is 9.56. The minimum atomic E-state index is -3.58. The first-order valence-electron chi connectivity index (χ1n) is 13.9. The van der Waals surface area contributed by atoms with Crippen molar-refractivity contribution in [2.24, 2.45) is 11.8 Å². The molecule has 8 heteroatoms. The van der Waals surface area contributed by atoms with Gasteiger partial charge in [-0.25, -0.2) is 18.1 Å². The molecule has 5 aromatic rings. The Morgan fingerprint density at radius 3 is 2.12 bits per heavy atom. The Balaban J connectivity index is 1.05. The summed E-state index contributed by atoms with van der Waals surface area (Å²) in [7, 11) is -3.58. The molecule has 204 valence electrons. The average molecular weight is 552 g/mol. The smallest absolute Gasteiger partial charge is 0.241 e. The van der Waals surface area contributed by atoms with E-state index in [1.165, 1.54) is 0 Å². The van der Waals surface area contributed by atoms with Crippen LogP contribution in [0.25, 0.3) is 21.7 Å². The Morgan fingerprint density at radius 1 is 0.675 bits per heavy atom. The molecule has 0 saturated heterocycles. The summed E-state index contributed by atoms with van der Waals surface area (Å²) in [6.07, 6.45) is 4.06. The van der Waals surface area contributed by atoms with E-state index in [0.29, 0.717) is 29.2 Å². The van der Waals surface area contributed by atoms with Gasteiger partial charge in [0.15, 0.2) is 0 Å². The summed E-state index contributed by atoms with van der Waals surface area (Å²) in [5.74, 6) is 2.22. The summed E-state index contributed by atoms with van der Waals surface area (Å²) >= 11 is 0. The molecule has 1 fully saturated rings. The number of hydrogen-bond donors (Lipinski definition) is 3. The maximum Gasteiger partial charge on any atom is 0.241 e. The molecule has 0 aliphatic heterocycles. The minimum absolute atomic E-state index is 0.333. The minimum Gasteiger partial charge on any atom is -0.354 e. The van der Waals surface area contributed by atoms with Gasteiger partial charge in [-0.3, -0.25) is 0 Å². The summed E-state index contributed by atoms with van der Waals surface area (Å²) in [5.41, 5.74) is 1.87. The van der Waals surface area contributed by atoms with E-state index in [-0.39, 0.29) is 0 Å². The number of benzene rings is 4. The molecule has 0 radical (unpaired) electrons. The summed E-state index contributed by atoms with van der Waals surface area (Å²) < 4.78 is 29.1. The molecule has 4 aromatic carbocycles. The van der Waals surface area contributed by atoms with E-state index in [0.717, 1.165) is 65.4 Å². The van der Waals surface area contributed by atoms with Crippen molar-refractivity contribution in [3.8, 4) is 0 Å². The molecule has 0 atom stereocenters. The first-order chi connectivity index (χ1) is 19.5. The van der Waals surface area contributed by atoms with Crippen LogP contribution < -0.4 is 15.4 Å². The molecule has 40 heavy (non-hydrogen) atoms. The zero-order valence-corrected chi connectivity index (χ0v) is 23.1. The third-order valence-electron chi connectivity index (χ3n) is 7.76. The number of para-hydroxylation sites is 2. The lowest BCUT2D eigenvalue weighted by Crippen LogP contribution is -2.32. The van der Waals surface area contributed by atoms with Gasteiger partial charge < -0.3 is 10.6 Å². The quantitative estimate of drug-likeness (QED) is 0.188. The fraction of sp³-hybridized carbons (Fsp3) is 0.250. The number of aromatic nitrogens is 2. The van der Waals surface area contributed by atoms with E-state index in [2.05, 4.69) is 15.4 Å². The number of nitrogens with one attached hydrogen (secondary N) is 3. The number of sulfonamides is 1. The molecule has 0 unspecified atom stereocenters. The van der Waals surface area contributed by atoms with E-state index in [4.69, 9.17) is 9.97 Å². The van der Waals surface area contributed by atoms with E-state index >= 15 is 0 Å². The number of nitrogens with zero attached hydrogens (tertiary/aromatic N) is 2. The predicted molar refractivity (Wildman–Crippen MR) is 162 cm³/mol. The number of rotatable bonds is 9. The van der Waals surface area contributed by atoms with Crippen LogP contribution in [0.4, 0.5) is 17.5 Å². The van der Waals surface area contributed by atoms with Crippen molar-refractivity contribution in [3.63, 3.8) is 0 Å². The molecule has 1 aliphatic carbocycles. The molecule has 0 spiro atoms. The first kappa shape index (κ1) is 26.2. The molecular weight excluding hydrogens is 518 g/mol. The zero-order valence-electron chi connectivity index (χ0n) is 22.3. The number of fused-ring (bicyclic) bond motifs is 2. The van der Waals surface area contributed by atoms with Gasteiger partial charge in [0.05, 0.1) is 10.4 Å². The van der Waals surface area contributed by atoms with Gasteiger partial charge in [-0.2, -0.15) is 4.98 Å². The Bertz CT molecular complexity index is 1710. The standard InChI is InChI=1S/C32H33N5O2S/c38-40(39,30-16-8-10-25-9-4-5-13-27(25)30)34-22-24-19-17-23(18-20-24)21-33-32-36-29-15-7-6-14-28(29)31(37-32)35-26-11-2-1-3-12-26/h1-16,23-24,34H,17-22H2,(H2,33,35,36,37)/t23-,24-. The molecule has 6 rings (SSSR count). The molecule has 1 heterocycles. The number of anilines is 3. The summed E-state index contributed by atoms with van der Waals surface area (Å²) in [4.78, 5) is 9.88. The average Bonchev–Trinajstić information content (AvgIpc) is 3.00. The lowest BCUT2D eigenvalue weighted by atomic mass is 9.82. The van der Waals surface area contributed by atoms with Crippen LogP contribution in [-0.4, -0.2) is 31.5 Å². The molecule has 7 nitrogen and oxygen atoms in total. The predicted octanol–water partition coefficient (Wildman–Crippen LogP) is 6.72. The molecule has 1 aliphatic rings. The largest absolute Gasteiger partial charge is 0.354 e. The van der Waals surface area contributed by atoms with Gasteiger partial charge in [0.2, 0.25) is 16.0 Å².